The zero-order chi connectivity index (χ0) is 8.55. The van der Waals surface area contributed by atoms with Gasteiger partial charge in [0.2, 0.25) is 0 Å². The van der Waals surface area contributed by atoms with Gasteiger partial charge in [-0.25, -0.2) is 0 Å². The van der Waals surface area contributed by atoms with Crippen molar-refractivity contribution >= 4 is 11.2 Å². The lowest BCUT2D eigenvalue weighted by molar-refractivity contribution is 0.584. The molecule has 0 fully saturated rings. The van der Waals surface area contributed by atoms with Gasteiger partial charge in [-0.3, -0.25) is 4.98 Å². The van der Waals surface area contributed by atoms with Crippen LogP contribution in [0.2, 0.25) is 0 Å². The highest BCUT2D eigenvalue weighted by molar-refractivity contribution is 7.91. The van der Waals surface area contributed by atoms with Crippen LogP contribution in [0, 0.1) is 6.92 Å². The summed E-state index contributed by atoms with van der Waals surface area (Å²) in [5.74, 6) is 0.803. The number of fused-ring (bicyclic) bond motifs is 1. The van der Waals surface area contributed by atoms with Crippen LogP contribution in [0.25, 0.3) is 0 Å². The van der Waals surface area contributed by atoms with Crippen LogP contribution in [0.15, 0.2) is 17.2 Å². The fourth-order valence-electron chi connectivity index (χ4n) is 1.51. The molecule has 0 spiro atoms. The molecule has 2 rings (SSSR count). The summed E-state index contributed by atoms with van der Waals surface area (Å²) in [5, 5.41) is 0. The van der Waals surface area contributed by atoms with Crippen LogP contribution in [0.1, 0.15) is 17.7 Å². The van der Waals surface area contributed by atoms with Gasteiger partial charge in [-0.2, -0.15) is 0 Å². The molecule has 2 nitrogen and oxygen atoms in total. The standard InChI is InChI=1S/C9H11NOS/c1-7-5-8-3-2-4-12(11)9(8)6-10-7/h5-6H,2-4H2,1H3. The predicted octanol–water partition coefficient (Wildman–Crippen LogP) is 1.44. The fourth-order valence-corrected chi connectivity index (χ4v) is 2.76. The Morgan fingerprint density at radius 3 is 3.25 bits per heavy atom. The Labute approximate surface area is 75.2 Å². The van der Waals surface area contributed by atoms with E-state index < -0.39 is 11.2 Å². The number of rotatable bonds is 0. The van der Waals surface area contributed by atoms with Crippen molar-refractivity contribution in [2.75, 3.05) is 5.75 Å². The minimum absolute atomic E-state index is 0.786. The van der Waals surface area contributed by atoms with E-state index in [4.69, 9.17) is 0 Å². The van der Waals surface area contributed by atoms with Gasteiger partial charge in [0.15, 0.2) is 4.90 Å². The lowest BCUT2D eigenvalue weighted by Crippen LogP contribution is -2.16. The molecular weight excluding hydrogens is 170 g/mol. The number of pyridine rings is 1. The molecule has 0 saturated carbocycles. The van der Waals surface area contributed by atoms with Crippen molar-refractivity contribution < 1.29 is 4.55 Å². The zero-order valence-corrected chi connectivity index (χ0v) is 7.86. The van der Waals surface area contributed by atoms with E-state index in [1.807, 2.05) is 13.0 Å². The van der Waals surface area contributed by atoms with Gasteiger partial charge in [0.1, 0.15) is 5.75 Å². The average molecular weight is 181 g/mol. The van der Waals surface area contributed by atoms with Crippen molar-refractivity contribution in [1.29, 1.82) is 0 Å². The van der Waals surface area contributed by atoms with Gasteiger partial charge in [-0.1, -0.05) is 0 Å². The van der Waals surface area contributed by atoms with Crippen LogP contribution in [0.3, 0.4) is 0 Å². The van der Waals surface area contributed by atoms with E-state index in [1.165, 1.54) is 5.56 Å². The third kappa shape index (κ3) is 1.34. The van der Waals surface area contributed by atoms with Crippen LogP contribution < -0.4 is 0 Å². The molecule has 0 radical (unpaired) electrons. The molecular formula is C9H11NOS. The van der Waals surface area contributed by atoms with Crippen molar-refractivity contribution in [2.24, 2.45) is 0 Å². The monoisotopic (exact) mass is 181 g/mol. The highest BCUT2D eigenvalue weighted by Gasteiger charge is 2.21. The molecule has 0 saturated heterocycles. The molecule has 3 heteroatoms. The second-order valence-corrected chi connectivity index (χ2v) is 4.63. The van der Waals surface area contributed by atoms with Crippen LogP contribution in [-0.4, -0.2) is 15.3 Å². The highest BCUT2D eigenvalue weighted by atomic mass is 32.2. The largest absolute Gasteiger partial charge is 0.611 e. The maximum absolute atomic E-state index is 11.5. The first-order valence-electron chi connectivity index (χ1n) is 4.11. The van der Waals surface area contributed by atoms with Crippen LogP contribution >= 0.6 is 0 Å². The highest BCUT2D eigenvalue weighted by Crippen LogP contribution is 2.24. The van der Waals surface area contributed by atoms with E-state index in [0.717, 1.165) is 29.2 Å². The molecule has 1 unspecified atom stereocenters. The van der Waals surface area contributed by atoms with Gasteiger partial charge < -0.3 is 4.55 Å². The fraction of sp³-hybridized carbons (Fsp3) is 0.444. The van der Waals surface area contributed by atoms with Gasteiger partial charge >= 0.3 is 0 Å². The molecule has 0 N–H and O–H groups in total. The van der Waals surface area contributed by atoms with Crippen molar-refractivity contribution in [3.63, 3.8) is 0 Å². The molecule has 0 amide bonds. The molecule has 1 aromatic rings. The molecule has 1 aliphatic rings. The van der Waals surface area contributed by atoms with Crippen LogP contribution in [0.4, 0.5) is 0 Å². The normalized spacial score (nSPS) is 22.0. The van der Waals surface area contributed by atoms with Crippen molar-refractivity contribution in [1.82, 2.24) is 4.98 Å². The third-order valence-corrected chi connectivity index (χ3v) is 3.62. The summed E-state index contributed by atoms with van der Waals surface area (Å²) >= 11 is -0.786. The summed E-state index contributed by atoms with van der Waals surface area (Å²) in [6, 6.07) is 2.05. The second kappa shape index (κ2) is 3.07. The molecule has 1 atom stereocenters. The first-order valence-corrected chi connectivity index (χ1v) is 5.43. The maximum Gasteiger partial charge on any atom is 0.174 e. The summed E-state index contributed by atoms with van der Waals surface area (Å²) in [4.78, 5) is 5.10. The summed E-state index contributed by atoms with van der Waals surface area (Å²) in [6.45, 7) is 1.97. The average Bonchev–Trinajstić information content (AvgIpc) is 2.04. The molecule has 1 aromatic heterocycles. The molecule has 0 aliphatic carbocycles. The molecule has 12 heavy (non-hydrogen) atoms. The van der Waals surface area contributed by atoms with E-state index in [1.54, 1.807) is 6.20 Å². The molecule has 0 aromatic carbocycles. The third-order valence-electron chi connectivity index (χ3n) is 2.11. The Bertz CT molecular complexity index is 301. The lowest BCUT2D eigenvalue weighted by Gasteiger charge is -2.18. The van der Waals surface area contributed by atoms with Gasteiger partial charge in [0.05, 0.1) is 6.20 Å². The summed E-state index contributed by atoms with van der Waals surface area (Å²) in [7, 11) is 0. The lowest BCUT2D eigenvalue weighted by atomic mass is 10.1. The maximum atomic E-state index is 11.5. The topological polar surface area (TPSA) is 36.0 Å². The van der Waals surface area contributed by atoms with Gasteiger partial charge in [0.25, 0.3) is 0 Å². The Hall–Kier alpha value is -0.540. The Balaban J connectivity index is 2.46. The second-order valence-electron chi connectivity index (χ2n) is 3.09. The van der Waals surface area contributed by atoms with Gasteiger partial charge in [0, 0.05) is 11.3 Å². The minimum atomic E-state index is -0.786. The number of hydrogen-bond acceptors (Lipinski definition) is 2. The number of aryl methyl sites for hydroxylation is 2. The van der Waals surface area contributed by atoms with Gasteiger partial charge in [-0.05, 0) is 37.0 Å². The predicted molar refractivity (Wildman–Crippen MR) is 48.6 cm³/mol. The smallest absolute Gasteiger partial charge is 0.174 e. The first kappa shape index (κ1) is 8.08. The SMILES string of the molecule is Cc1cc2c(cn1)[S+]([O-])CCC2. The van der Waals surface area contributed by atoms with Crippen LogP contribution in [-0.2, 0) is 17.6 Å². The summed E-state index contributed by atoms with van der Waals surface area (Å²) < 4.78 is 11.5. The van der Waals surface area contributed by atoms with Gasteiger partial charge in [-0.15, -0.1) is 0 Å². The zero-order valence-electron chi connectivity index (χ0n) is 7.04. The molecule has 1 aliphatic heterocycles. The Kier molecular flexibility index (Phi) is 2.07. The van der Waals surface area contributed by atoms with E-state index >= 15 is 0 Å². The van der Waals surface area contributed by atoms with E-state index in [2.05, 4.69) is 4.98 Å². The molecule has 0 bridgehead atoms. The summed E-state index contributed by atoms with van der Waals surface area (Å²) in [5.41, 5.74) is 2.25. The Morgan fingerprint density at radius 1 is 1.58 bits per heavy atom. The number of hydrogen-bond donors (Lipinski definition) is 0. The van der Waals surface area contributed by atoms with Crippen molar-refractivity contribution in [3.8, 4) is 0 Å². The molecule has 64 valence electrons. The first-order chi connectivity index (χ1) is 5.77. The minimum Gasteiger partial charge on any atom is -0.611 e. The number of aromatic nitrogens is 1. The number of nitrogens with zero attached hydrogens (tertiary/aromatic N) is 1. The Morgan fingerprint density at radius 2 is 2.42 bits per heavy atom. The van der Waals surface area contributed by atoms with Crippen LogP contribution in [0.5, 0.6) is 0 Å². The quantitative estimate of drug-likeness (QED) is 0.568. The van der Waals surface area contributed by atoms with E-state index in [0.29, 0.717) is 0 Å². The van der Waals surface area contributed by atoms with Crippen molar-refractivity contribution in [3.05, 3.63) is 23.5 Å². The molecule has 2 heterocycles. The van der Waals surface area contributed by atoms with Crippen molar-refractivity contribution in [2.45, 2.75) is 24.7 Å². The summed E-state index contributed by atoms with van der Waals surface area (Å²) in [6.07, 6.45) is 3.87. The van der Waals surface area contributed by atoms with E-state index in [-0.39, 0.29) is 0 Å². The van der Waals surface area contributed by atoms with E-state index in [9.17, 15) is 4.55 Å².